The molecule has 1 fully saturated rings. The summed E-state index contributed by atoms with van der Waals surface area (Å²) in [5.41, 5.74) is 0. The molecule has 0 aliphatic carbocycles. The Bertz CT molecular complexity index is 143. The molecule has 0 aromatic heterocycles. The third-order valence-corrected chi connectivity index (χ3v) is 4.54. The zero-order chi connectivity index (χ0) is 8.10. The summed E-state index contributed by atoms with van der Waals surface area (Å²) in [6, 6.07) is 0. The van der Waals surface area contributed by atoms with E-state index in [9.17, 15) is 0 Å². The van der Waals surface area contributed by atoms with Crippen molar-refractivity contribution in [2.75, 3.05) is 5.08 Å². The zero-order valence-electron chi connectivity index (χ0n) is 6.99. The quantitative estimate of drug-likeness (QED) is 0.607. The van der Waals surface area contributed by atoms with Gasteiger partial charge in [0.15, 0.2) is 0 Å². The summed E-state index contributed by atoms with van der Waals surface area (Å²) < 4.78 is 0. The Hall–Kier alpha value is 0.180. The molecule has 0 saturated carbocycles. The molecule has 2 unspecified atom stereocenters. The standard InChI is InChI=1S/C9H14S2/c1-3-5-8-9(6-4-2)11-7-10-8/h3-6,8-9H,7H2,1-2H3. The number of rotatable bonds is 2. The van der Waals surface area contributed by atoms with Gasteiger partial charge in [-0.05, 0) is 13.8 Å². The van der Waals surface area contributed by atoms with Crippen LogP contribution in [-0.2, 0) is 0 Å². The van der Waals surface area contributed by atoms with E-state index < -0.39 is 0 Å². The van der Waals surface area contributed by atoms with Crippen LogP contribution in [0.1, 0.15) is 13.8 Å². The second-order valence-electron chi connectivity index (χ2n) is 2.43. The molecule has 11 heavy (non-hydrogen) atoms. The number of hydrogen-bond acceptors (Lipinski definition) is 2. The Kier molecular flexibility index (Phi) is 4.16. The summed E-state index contributed by atoms with van der Waals surface area (Å²) >= 11 is 4.08. The van der Waals surface area contributed by atoms with Crippen LogP contribution in [0.3, 0.4) is 0 Å². The predicted octanol–water partition coefficient (Wildman–Crippen LogP) is 3.31. The molecule has 0 amide bonds. The van der Waals surface area contributed by atoms with Crippen molar-refractivity contribution >= 4 is 23.5 Å². The van der Waals surface area contributed by atoms with Crippen molar-refractivity contribution in [2.24, 2.45) is 0 Å². The van der Waals surface area contributed by atoms with Gasteiger partial charge in [0.1, 0.15) is 0 Å². The summed E-state index contributed by atoms with van der Waals surface area (Å²) in [7, 11) is 0. The first kappa shape index (κ1) is 9.27. The maximum absolute atomic E-state index is 2.30. The number of thioether (sulfide) groups is 2. The molecular weight excluding hydrogens is 172 g/mol. The molecule has 2 atom stereocenters. The van der Waals surface area contributed by atoms with Crippen LogP contribution in [0.4, 0.5) is 0 Å². The second kappa shape index (κ2) is 4.94. The van der Waals surface area contributed by atoms with Gasteiger partial charge in [-0.25, -0.2) is 0 Å². The third-order valence-electron chi connectivity index (χ3n) is 1.61. The maximum atomic E-state index is 2.30. The average Bonchev–Trinajstić information content (AvgIpc) is 2.39. The van der Waals surface area contributed by atoms with Crippen molar-refractivity contribution in [3.05, 3.63) is 24.3 Å². The van der Waals surface area contributed by atoms with Crippen molar-refractivity contribution in [3.8, 4) is 0 Å². The molecule has 1 heterocycles. The zero-order valence-corrected chi connectivity index (χ0v) is 8.62. The van der Waals surface area contributed by atoms with E-state index >= 15 is 0 Å². The molecule has 0 N–H and O–H groups in total. The van der Waals surface area contributed by atoms with E-state index in [2.05, 4.69) is 38.2 Å². The van der Waals surface area contributed by atoms with Crippen LogP contribution < -0.4 is 0 Å². The summed E-state index contributed by atoms with van der Waals surface area (Å²) in [6.07, 6.45) is 8.91. The summed E-state index contributed by atoms with van der Waals surface area (Å²) in [5, 5.41) is 2.66. The largest absolute Gasteiger partial charge is 0.142 e. The van der Waals surface area contributed by atoms with Gasteiger partial charge in [-0.15, -0.1) is 23.5 Å². The fourth-order valence-electron chi connectivity index (χ4n) is 1.10. The van der Waals surface area contributed by atoms with E-state index in [1.807, 2.05) is 23.5 Å². The van der Waals surface area contributed by atoms with E-state index in [4.69, 9.17) is 0 Å². The lowest BCUT2D eigenvalue weighted by Gasteiger charge is -2.08. The Morgan fingerprint density at radius 2 is 1.45 bits per heavy atom. The topological polar surface area (TPSA) is 0 Å². The highest BCUT2D eigenvalue weighted by atomic mass is 32.2. The number of hydrogen-bond donors (Lipinski definition) is 0. The van der Waals surface area contributed by atoms with Gasteiger partial charge in [-0.1, -0.05) is 24.3 Å². The summed E-state index contributed by atoms with van der Waals surface area (Å²) in [4.78, 5) is 0. The van der Waals surface area contributed by atoms with Crippen LogP contribution in [0.25, 0.3) is 0 Å². The molecule has 2 heteroatoms. The third kappa shape index (κ3) is 2.60. The lowest BCUT2D eigenvalue weighted by atomic mass is 10.2. The van der Waals surface area contributed by atoms with Crippen LogP contribution in [0.15, 0.2) is 24.3 Å². The van der Waals surface area contributed by atoms with Crippen molar-refractivity contribution in [2.45, 2.75) is 24.3 Å². The second-order valence-corrected chi connectivity index (χ2v) is 5.13. The highest BCUT2D eigenvalue weighted by Gasteiger charge is 2.23. The Morgan fingerprint density at radius 1 is 1.00 bits per heavy atom. The van der Waals surface area contributed by atoms with Crippen molar-refractivity contribution in [1.82, 2.24) is 0 Å². The maximum Gasteiger partial charge on any atom is 0.0405 e. The highest BCUT2D eigenvalue weighted by molar-refractivity contribution is 8.20. The van der Waals surface area contributed by atoms with Crippen molar-refractivity contribution in [3.63, 3.8) is 0 Å². The molecule has 0 aromatic carbocycles. The van der Waals surface area contributed by atoms with Crippen LogP contribution in [0, 0.1) is 0 Å². The Morgan fingerprint density at radius 3 is 1.82 bits per heavy atom. The van der Waals surface area contributed by atoms with Gasteiger partial charge >= 0.3 is 0 Å². The SMILES string of the molecule is CC=CC1SCSC1C=CC. The molecular formula is C9H14S2. The minimum Gasteiger partial charge on any atom is -0.142 e. The predicted molar refractivity (Wildman–Crippen MR) is 57.3 cm³/mol. The van der Waals surface area contributed by atoms with Gasteiger partial charge in [-0.3, -0.25) is 0 Å². The van der Waals surface area contributed by atoms with Crippen LogP contribution >= 0.6 is 23.5 Å². The van der Waals surface area contributed by atoms with E-state index in [0.29, 0.717) is 10.5 Å². The van der Waals surface area contributed by atoms with Crippen LogP contribution in [-0.4, -0.2) is 15.6 Å². The first-order chi connectivity index (χ1) is 5.38. The van der Waals surface area contributed by atoms with Gasteiger partial charge in [0, 0.05) is 15.6 Å². The monoisotopic (exact) mass is 186 g/mol. The molecule has 0 bridgehead atoms. The van der Waals surface area contributed by atoms with E-state index in [1.54, 1.807) is 0 Å². The normalized spacial score (nSPS) is 32.5. The Balaban J connectivity index is 2.50. The highest BCUT2D eigenvalue weighted by Crippen LogP contribution is 2.38. The van der Waals surface area contributed by atoms with Crippen LogP contribution in [0.2, 0.25) is 0 Å². The first-order valence-corrected chi connectivity index (χ1v) is 5.97. The molecule has 1 aliphatic heterocycles. The van der Waals surface area contributed by atoms with Gasteiger partial charge < -0.3 is 0 Å². The minimum atomic E-state index is 0.709. The Labute approximate surface area is 77.5 Å². The van der Waals surface area contributed by atoms with Gasteiger partial charge in [0.05, 0.1) is 0 Å². The minimum absolute atomic E-state index is 0.709. The van der Waals surface area contributed by atoms with E-state index in [1.165, 1.54) is 5.08 Å². The van der Waals surface area contributed by atoms with E-state index in [-0.39, 0.29) is 0 Å². The molecule has 1 saturated heterocycles. The lowest BCUT2D eigenvalue weighted by molar-refractivity contribution is 1.10. The molecule has 0 spiro atoms. The van der Waals surface area contributed by atoms with Crippen molar-refractivity contribution < 1.29 is 0 Å². The van der Waals surface area contributed by atoms with Gasteiger partial charge in [-0.2, -0.15) is 0 Å². The molecule has 0 aromatic rings. The molecule has 62 valence electrons. The van der Waals surface area contributed by atoms with E-state index in [0.717, 1.165) is 0 Å². The summed E-state index contributed by atoms with van der Waals surface area (Å²) in [6.45, 7) is 4.19. The average molecular weight is 186 g/mol. The smallest absolute Gasteiger partial charge is 0.0405 e. The molecule has 1 aliphatic rings. The number of allylic oxidation sites excluding steroid dienone is 2. The van der Waals surface area contributed by atoms with Gasteiger partial charge in [0.25, 0.3) is 0 Å². The lowest BCUT2D eigenvalue weighted by Crippen LogP contribution is -2.08. The first-order valence-electron chi connectivity index (χ1n) is 3.87. The summed E-state index contributed by atoms with van der Waals surface area (Å²) in [5.74, 6) is 0. The van der Waals surface area contributed by atoms with Crippen LogP contribution in [0.5, 0.6) is 0 Å². The fraction of sp³-hybridized carbons (Fsp3) is 0.556. The van der Waals surface area contributed by atoms with Gasteiger partial charge in [0.2, 0.25) is 0 Å². The molecule has 1 rings (SSSR count). The fourth-order valence-corrected chi connectivity index (χ4v) is 4.24. The molecule has 0 radical (unpaired) electrons. The van der Waals surface area contributed by atoms with Crippen molar-refractivity contribution in [1.29, 1.82) is 0 Å². The molecule has 0 nitrogen and oxygen atoms in total.